The average molecular weight is 1040 g/mol. The largest absolute Gasteiger partial charge is 0.418 e. The van der Waals surface area contributed by atoms with Gasteiger partial charge in [0.15, 0.2) is 0 Å². The van der Waals surface area contributed by atoms with Crippen LogP contribution in [-0.4, -0.2) is 148 Å². The van der Waals surface area contributed by atoms with Gasteiger partial charge in [0, 0.05) is 104 Å². The summed E-state index contributed by atoms with van der Waals surface area (Å²) >= 11 is 0. The predicted molar refractivity (Wildman–Crippen MR) is 278 cm³/mol. The second kappa shape index (κ2) is 27.6. The molecule has 3 aromatic carbocycles. The molecule has 0 unspecified atom stereocenters. The van der Waals surface area contributed by atoms with Gasteiger partial charge in [0.05, 0.1) is 93.2 Å². The molecule has 1 saturated heterocycles. The van der Waals surface area contributed by atoms with Crippen molar-refractivity contribution in [3.63, 3.8) is 0 Å². The van der Waals surface area contributed by atoms with Crippen LogP contribution in [0, 0.1) is 0 Å². The first-order chi connectivity index (χ1) is 36.2. The van der Waals surface area contributed by atoms with Crippen LogP contribution in [0.3, 0.4) is 0 Å². The fourth-order valence-corrected chi connectivity index (χ4v) is 8.55. The number of nitrogens with zero attached hydrogens (tertiary/aromatic N) is 5. The van der Waals surface area contributed by atoms with E-state index in [0.717, 1.165) is 28.1 Å². The number of carbonyl (C=O) groups is 4. The maximum absolute atomic E-state index is 14.9. The van der Waals surface area contributed by atoms with Gasteiger partial charge < -0.3 is 44.1 Å². The zero-order valence-electron chi connectivity index (χ0n) is 42.3. The Balaban J connectivity index is 0.775. The smallest absolute Gasteiger partial charge is 0.379 e. The summed E-state index contributed by atoms with van der Waals surface area (Å²) < 4.78 is 73.5. The Hall–Kier alpha value is -6.84. The third-order valence-electron chi connectivity index (χ3n) is 12.4. The number of para-hydroxylation sites is 1. The summed E-state index contributed by atoms with van der Waals surface area (Å²) in [6.45, 7) is 7.46. The zero-order valence-corrected chi connectivity index (χ0v) is 42.3. The molecule has 6 aromatic rings. The van der Waals surface area contributed by atoms with Crippen LogP contribution in [0.1, 0.15) is 51.5 Å². The van der Waals surface area contributed by atoms with E-state index in [0.29, 0.717) is 74.4 Å². The van der Waals surface area contributed by atoms with E-state index >= 15 is 0 Å². The van der Waals surface area contributed by atoms with Crippen LogP contribution >= 0.6 is 0 Å². The molecule has 400 valence electrons. The molecule has 4 heterocycles. The average Bonchev–Trinajstić information content (AvgIpc) is 3.41. The van der Waals surface area contributed by atoms with Gasteiger partial charge in [-0.25, -0.2) is 0 Å². The lowest BCUT2D eigenvalue weighted by Crippen LogP contribution is -2.49. The van der Waals surface area contributed by atoms with E-state index in [2.05, 4.69) is 20.6 Å². The highest BCUT2D eigenvalue weighted by Crippen LogP contribution is 2.39. The number of ether oxygens (including phenoxy) is 5. The Bertz CT molecular complexity index is 2960. The molecule has 1 fully saturated rings. The monoisotopic (exact) mass is 1040 g/mol. The molecule has 0 spiro atoms. The summed E-state index contributed by atoms with van der Waals surface area (Å²) in [6, 6.07) is 22.3. The molecule has 3 aromatic heterocycles. The summed E-state index contributed by atoms with van der Waals surface area (Å²) in [5.74, 6) is -0.673. The summed E-state index contributed by atoms with van der Waals surface area (Å²) in [6.07, 6.45) is -0.307. The van der Waals surface area contributed by atoms with E-state index in [1.165, 1.54) is 22.8 Å². The fraction of sp³-hybridized carbons (Fsp3) is 0.436. The number of hydrogen-bond donors (Lipinski definition) is 2. The van der Waals surface area contributed by atoms with Gasteiger partial charge in [-0.3, -0.25) is 38.5 Å². The van der Waals surface area contributed by atoms with E-state index in [-0.39, 0.29) is 119 Å². The molecule has 3 amide bonds. The number of fused-ring (bicyclic) bond motifs is 4. The normalized spacial score (nSPS) is 13.0. The third kappa shape index (κ3) is 16.3. The summed E-state index contributed by atoms with van der Waals surface area (Å²) in [5, 5.41) is 7.54. The van der Waals surface area contributed by atoms with Crippen LogP contribution in [0.5, 0.6) is 0 Å². The first-order valence-electron chi connectivity index (χ1n) is 25.3. The van der Waals surface area contributed by atoms with Crippen molar-refractivity contribution in [3.05, 3.63) is 107 Å². The number of pyridine rings is 3. The number of amides is 3. The molecule has 1 aliphatic heterocycles. The molecule has 0 atom stereocenters. The van der Waals surface area contributed by atoms with E-state index in [1.54, 1.807) is 28.3 Å². The molecule has 0 radical (unpaired) electrons. The standard InChI is InChI=1S/C55H64F3N7O10/c1-38(2)75-37-51(68)59-18-5-7-44(66)12-15-50(67)60-19-25-72-27-29-74-31-30-73-28-26-71-24-17-52(69)64-22-20-63(21-23-64)49-14-11-43(34-46(49)55(56,57)58)65-53(70)16-10-41-35-62-48-13-9-39(33-45(48)54(41)65)42-32-40-6-3-4-8-47(40)61-36-42/h3-4,6,8-11,13-14,16,32-36,38H,5,7,12,15,17-31,37H2,1-2H3,(H,59,68)(H,60,67). The van der Waals surface area contributed by atoms with Crippen molar-refractivity contribution in [3.8, 4) is 16.8 Å². The van der Waals surface area contributed by atoms with Crippen molar-refractivity contribution in [1.82, 2.24) is 30.1 Å². The number of rotatable bonds is 28. The topological polar surface area (TPSA) is 193 Å². The molecule has 1 aliphatic rings. The highest BCUT2D eigenvalue weighted by atomic mass is 19.4. The number of halogens is 3. The minimum Gasteiger partial charge on any atom is -0.379 e. The van der Waals surface area contributed by atoms with Crippen LogP contribution in [0.15, 0.2) is 96.1 Å². The molecule has 2 N–H and O–H groups in total. The quantitative estimate of drug-likeness (QED) is 0.0392. The Kier molecular flexibility index (Phi) is 20.6. The number of aromatic nitrogens is 3. The lowest BCUT2D eigenvalue weighted by molar-refractivity contribution is -0.137. The van der Waals surface area contributed by atoms with Crippen LogP contribution in [0.4, 0.5) is 18.9 Å². The van der Waals surface area contributed by atoms with E-state index in [9.17, 15) is 37.1 Å². The maximum atomic E-state index is 14.9. The molecule has 0 saturated carbocycles. The maximum Gasteiger partial charge on any atom is 0.418 e. The number of Topliss-reactive ketones (excluding diaryl/α,β-unsaturated/α-hetero) is 1. The number of piperazine rings is 1. The highest BCUT2D eigenvalue weighted by molar-refractivity contribution is 6.05. The number of anilines is 1. The van der Waals surface area contributed by atoms with E-state index in [4.69, 9.17) is 23.7 Å². The van der Waals surface area contributed by atoms with Crippen molar-refractivity contribution in [2.75, 3.05) is 104 Å². The molecular formula is C55H64F3N7O10. The van der Waals surface area contributed by atoms with Crippen molar-refractivity contribution >= 4 is 61.9 Å². The number of ketones is 1. The third-order valence-corrected chi connectivity index (χ3v) is 12.4. The first-order valence-corrected chi connectivity index (χ1v) is 25.3. The molecule has 17 nitrogen and oxygen atoms in total. The SMILES string of the molecule is CC(C)OCC(=O)NCCCC(=O)CCC(=O)NCCOCCOCCOCCOCCC(=O)N1CCN(c2ccc(-n3c(=O)ccc4cnc5ccc(-c6cnc7ccccc7c6)cc5c43)cc2C(F)(F)F)CC1. The van der Waals surface area contributed by atoms with Gasteiger partial charge in [0.2, 0.25) is 17.7 Å². The van der Waals surface area contributed by atoms with Gasteiger partial charge in [-0.15, -0.1) is 0 Å². The summed E-state index contributed by atoms with van der Waals surface area (Å²) in [5.41, 5.74) is 2.14. The minimum atomic E-state index is -4.75. The second-order valence-electron chi connectivity index (χ2n) is 18.2. The highest BCUT2D eigenvalue weighted by Gasteiger charge is 2.36. The number of hydrogen-bond acceptors (Lipinski definition) is 13. The van der Waals surface area contributed by atoms with Crippen molar-refractivity contribution < 1.29 is 56.0 Å². The van der Waals surface area contributed by atoms with Gasteiger partial charge in [-0.1, -0.05) is 24.3 Å². The molecule has 20 heteroatoms. The predicted octanol–water partition coefficient (Wildman–Crippen LogP) is 6.66. The van der Waals surface area contributed by atoms with Gasteiger partial charge >= 0.3 is 6.18 Å². The second-order valence-corrected chi connectivity index (χ2v) is 18.2. The molecular weight excluding hydrogens is 976 g/mol. The minimum absolute atomic E-state index is 0.0170. The van der Waals surface area contributed by atoms with Crippen molar-refractivity contribution in [1.29, 1.82) is 0 Å². The lowest BCUT2D eigenvalue weighted by atomic mass is 10.0. The number of alkyl halides is 3. The Morgan fingerprint density at radius 2 is 1.35 bits per heavy atom. The number of benzene rings is 3. The van der Waals surface area contributed by atoms with Gasteiger partial charge in [0.1, 0.15) is 12.4 Å². The van der Waals surface area contributed by atoms with Crippen LogP contribution in [0.25, 0.3) is 49.5 Å². The van der Waals surface area contributed by atoms with Crippen LogP contribution in [0.2, 0.25) is 0 Å². The molecule has 0 aliphatic carbocycles. The van der Waals surface area contributed by atoms with Gasteiger partial charge in [0.25, 0.3) is 5.56 Å². The molecule has 0 bridgehead atoms. The Labute approximate surface area is 432 Å². The Morgan fingerprint density at radius 1 is 0.653 bits per heavy atom. The van der Waals surface area contributed by atoms with E-state index < -0.39 is 17.3 Å². The van der Waals surface area contributed by atoms with Gasteiger partial charge in [-0.2, -0.15) is 13.2 Å². The number of nitrogens with one attached hydrogen (secondary N) is 2. The number of carbonyl (C=O) groups excluding carboxylic acids is 4. The zero-order chi connectivity index (χ0) is 53.2. The fourth-order valence-electron chi connectivity index (χ4n) is 8.55. The summed E-state index contributed by atoms with van der Waals surface area (Å²) in [7, 11) is 0. The Morgan fingerprint density at radius 3 is 2.08 bits per heavy atom. The van der Waals surface area contributed by atoms with Crippen molar-refractivity contribution in [2.45, 2.75) is 58.2 Å². The van der Waals surface area contributed by atoms with Gasteiger partial charge in [-0.05, 0) is 74.4 Å². The van der Waals surface area contributed by atoms with Crippen molar-refractivity contribution in [2.24, 2.45) is 0 Å². The first kappa shape index (κ1) is 55.9. The lowest BCUT2D eigenvalue weighted by Gasteiger charge is -2.37. The van der Waals surface area contributed by atoms with Crippen LogP contribution in [-0.2, 0) is 49.0 Å². The summed E-state index contributed by atoms with van der Waals surface area (Å²) in [4.78, 5) is 74.9. The molecule has 7 rings (SSSR count). The van der Waals surface area contributed by atoms with E-state index in [1.807, 2.05) is 62.4 Å². The molecule has 75 heavy (non-hydrogen) atoms. The van der Waals surface area contributed by atoms with Crippen LogP contribution < -0.4 is 21.1 Å².